The van der Waals surface area contributed by atoms with Crippen LogP contribution in [0.15, 0.2) is 46.0 Å². The highest BCUT2D eigenvalue weighted by Crippen LogP contribution is 2.21. The Labute approximate surface area is 165 Å². The van der Waals surface area contributed by atoms with Crippen molar-refractivity contribution in [3.05, 3.63) is 53.7 Å². The Kier molecular flexibility index (Phi) is 7.31. The molecule has 1 aliphatic heterocycles. The average molecular weight is 389 g/mol. The van der Waals surface area contributed by atoms with Crippen molar-refractivity contribution in [2.24, 2.45) is 4.99 Å². The first-order valence-corrected chi connectivity index (χ1v) is 9.68. The van der Waals surface area contributed by atoms with Gasteiger partial charge in [0.1, 0.15) is 5.76 Å². The molecule has 7 heteroatoms. The van der Waals surface area contributed by atoms with Crippen LogP contribution in [-0.2, 0) is 11.2 Å². The summed E-state index contributed by atoms with van der Waals surface area (Å²) in [5.41, 5.74) is 0.816. The minimum absolute atomic E-state index is 0.125. The van der Waals surface area contributed by atoms with Crippen LogP contribution < -0.4 is 15.4 Å². The van der Waals surface area contributed by atoms with Gasteiger partial charge in [-0.3, -0.25) is 4.99 Å². The van der Waals surface area contributed by atoms with Crippen LogP contribution >= 0.6 is 0 Å². The molecule has 2 N–H and O–H groups in total. The van der Waals surface area contributed by atoms with Crippen LogP contribution in [0.3, 0.4) is 0 Å². The third-order valence-corrected chi connectivity index (χ3v) is 4.75. The van der Waals surface area contributed by atoms with E-state index in [0.29, 0.717) is 19.0 Å². The molecule has 0 spiro atoms. The highest BCUT2D eigenvalue weighted by atomic mass is 19.1. The van der Waals surface area contributed by atoms with E-state index >= 15 is 0 Å². The van der Waals surface area contributed by atoms with E-state index in [9.17, 15) is 4.39 Å². The van der Waals surface area contributed by atoms with Crippen molar-refractivity contribution in [2.45, 2.75) is 38.3 Å². The van der Waals surface area contributed by atoms with Crippen molar-refractivity contribution < 1.29 is 18.3 Å². The zero-order valence-corrected chi connectivity index (χ0v) is 16.4. The molecule has 2 unspecified atom stereocenters. The number of aliphatic imine (C=N–C) groups is 1. The van der Waals surface area contributed by atoms with Crippen LogP contribution in [-0.4, -0.2) is 38.9 Å². The minimum Gasteiger partial charge on any atom is -0.494 e. The SMILES string of the molecule is COc1ccc(C(C)NC(=NCC2CCCO2)NCCc2ccco2)cc1F. The topological polar surface area (TPSA) is 68.0 Å². The zero-order valence-electron chi connectivity index (χ0n) is 16.4. The number of methoxy groups -OCH3 is 1. The molecule has 2 atom stereocenters. The van der Waals surface area contributed by atoms with Gasteiger partial charge in [-0.1, -0.05) is 6.07 Å². The van der Waals surface area contributed by atoms with E-state index in [2.05, 4.69) is 15.6 Å². The van der Waals surface area contributed by atoms with Crippen LogP contribution in [0.25, 0.3) is 0 Å². The van der Waals surface area contributed by atoms with E-state index in [4.69, 9.17) is 13.9 Å². The number of rotatable bonds is 8. The molecule has 6 nitrogen and oxygen atoms in total. The number of benzene rings is 1. The predicted molar refractivity (Wildman–Crippen MR) is 106 cm³/mol. The van der Waals surface area contributed by atoms with Crippen molar-refractivity contribution in [3.8, 4) is 5.75 Å². The molecule has 1 aromatic heterocycles. The Morgan fingerprint density at radius 2 is 2.29 bits per heavy atom. The summed E-state index contributed by atoms with van der Waals surface area (Å²) in [6, 6.07) is 8.66. The van der Waals surface area contributed by atoms with Crippen molar-refractivity contribution >= 4 is 5.96 Å². The third kappa shape index (κ3) is 5.73. The lowest BCUT2D eigenvalue weighted by molar-refractivity contribution is 0.117. The highest BCUT2D eigenvalue weighted by Gasteiger charge is 2.16. The van der Waals surface area contributed by atoms with E-state index in [0.717, 1.165) is 37.2 Å². The summed E-state index contributed by atoms with van der Waals surface area (Å²) < 4.78 is 30.1. The molecule has 1 fully saturated rings. The predicted octanol–water partition coefficient (Wildman–Crippen LogP) is 3.45. The van der Waals surface area contributed by atoms with Gasteiger partial charge in [0.05, 0.1) is 32.1 Å². The summed E-state index contributed by atoms with van der Waals surface area (Å²) in [4.78, 5) is 4.67. The Bertz CT molecular complexity index is 758. The first-order chi connectivity index (χ1) is 13.7. The van der Waals surface area contributed by atoms with Crippen LogP contribution in [0.5, 0.6) is 5.75 Å². The molecule has 1 saturated heterocycles. The molecule has 1 aromatic carbocycles. The number of hydrogen-bond acceptors (Lipinski definition) is 4. The average Bonchev–Trinajstić information content (AvgIpc) is 3.40. The van der Waals surface area contributed by atoms with Gasteiger partial charge in [0.15, 0.2) is 17.5 Å². The summed E-state index contributed by atoms with van der Waals surface area (Å²) in [5.74, 6) is 1.44. The Balaban J connectivity index is 1.62. The van der Waals surface area contributed by atoms with Crippen LogP contribution in [0, 0.1) is 5.82 Å². The smallest absolute Gasteiger partial charge is 0.191 e. The first-order valence-electron chi connectivity index (χ1n) is 9.68. The van der Waals surface area contributed by atoms with E-state index in [1.807, 2.05) is 25.1 Å². The Hall–Kier alpha value is -2.54. The van der Waals surface area contributed by atoms with E-state index < -0.39 is 0 Å². The molecule has 3 rings (SSSR count). The summed E-state index contributed by atoms with van der Waals surface area (Å²) >= 11 is 0. The number of nitrogens with zero attached hydrogens (tertiary/aromatic N) is 1. The van der Waals surface area contributed by atoms with Crippen molar-refractivity contribution in [2.75, 3.05) is 26.8 Å². The molecule has 152 valence electrons. The van der Waals surface area contributed by atoms with E-state index in [1.54, 1.807) is 12.3 Å². The van der Waals surface area contributed by atoms with Gasteiger partial charge in [-0.2, -0.15) is 0 Å². The zero-order chi connectivity index (χ0) is 19.8. The second kappa shape index (κ2) is 10.1. The fourth-order valence-corrected chi connectivity index (χ4v) is 3.13. The third-order valence-electron chi connectivity index (χ3n) is 4.75. The second-order valence-electron chi connectivity index (χ2n) is 6.84. The van der Waals surface area contributed by atoms with Crippen molar-refractivity contribution in [1.82, 2.24) is 10.6 Å². The van der Waals surface area contributed by atoms with Crippen LogP contribution in [0.4, 0.5) is 4.39 Å². The lowest BCUT2D eigenvalue weighted by Gasteiger charge is -2.19. The molecule has 28 heavy (non-hydrogen) atoms. The summed E-state index contributed by atoms with van der Waals surface area (Å²) in [6.45, 7) is 4.04. The number of hydrogen-bond donors (Lipinski definition) is 2. The molecule has 2 aromatic rings. The molecule has 0 bridgehead atoms. The van der Waals surface area contributed by atoms with Crippen molar-refractivity contribution in [3.63, 3.8) is 0 Å². The maximum absolute atomic E-state index is 14.0. The standard InChI is InChI=1S/C21H28FN3O3/c1-15(16-7-8-20(26-2)19(22)13-16)25-21(24-14-18-6-4-12-28-18)23-10-9-17-5-3-11-27-17/h3,5,7-8,11,13,15,18H,4,6,9-10,12,14H2,1-2H3,(H2,23,24,25). The quantitative estimate of drug-likeness (QED) is 0.535. The lowest BCUT2D eigenvalue weighted by atomic mass is 10.1. The maximum atomic E-state index is 14.0. The largest absolute Gasteiger partial charge is 0.494 e. The number of guanidine groups is 1. The summed E-state index contributed by atoms with van der Waals surface area (Å²) in [6.07, 6.45) is 4.69. The van der Waals surface area contributed by atoms with Gasteiger partial charge >= 0.3 is 0 Å². The molecule has 0 saturated carbocycles. The normalized spacial score (nSPS) is 18.1. The molecule has 0 radical (unpaired) electrons. The minimum atomic E-state index is -0.378. The van der Waals surface area contributed by atoms with Crippen molar-refractivity contribution in [1.29, 1.82) is 0 Å². The fraction of sp³-hybridized carbons (Fsp3) is 0.476. The van der Waals surface area contributed by atoms with E-state index in [1.165, 1.54) is 13.2 Å². The van der Waals surface area contributed by atoms with Gasteiger partial charge in [0.2, 0.25) is 0 Å². The summed E-state index contributed by atoms with van der Waals surface area (Å²) in [7, 11) is 1.46. The molecule has 2 heterocycles. The number of halogens is 1. The van der Waals surface area contributed by atoms with Gasteiger partial charge in [-0.05, 0) is 49.6 Å². The van der Waals surface area contributed by atoms with Gasteiger partial charge in [-0.15, -0.1) is 0 Å². The maximum Gasteiger partial charge on any atom is 0.191 e. The van der Waals surface area contributed by atoms with Crippen LogP contribution in [0.2, 0.25) is 0 Å². The van der Waals surface area contributed by atoms with E-state index in [-0.39, 0.29) is 23.7 Å². The lowest BCUT2D eigenvalue weighted by Crippen LogP contribution is -2.40. The van der Waals surface area contributed by atoms with Gasteiger partial charge < -0.3 is 24.5 Å². The molecule has 0 aliphatic carbocycles. The molecule has 0 amide bonds. The van der Waals surface area contributed by atoms with Gasteiger partial charge in [0, 0.05) is 19.6 Å². The fourth-order valence-electron chi connectivity index (χ4n) is 3.13. The summed E-state index contributed by atoms with van der Waals surface area (Å²) in [5, 5.41) is 6.67. The highest BCUT2D eigenvalue weighted by molar-refractivity contribution is 5.80. The molecule has 1 aliphatic rings. The Morgan fingerprint density at radius 1 is 1.39 bits per heavy atom. The first kappa shape index (κ1) is 20.2. The molecular formula is C21H28FN3O3. The number of ether oxygens (including phenoxy) is 2. The van der Waals surface area contributed by atoms with Gasteiger partial charge in [-0.25, -0.2) is 4.39 Å². The number of nitrogens with one attached hydrogen (secondary N) is 2. The molecular weight excluding hydrogens is 361 g/mol. The second-order valence-corrected chi connectivity index (χ2v) is 6.84. The Morgan fingerprint density at radius 3 is 2.96 bits per heavy atom. The van der Waals surface area contributed by atoms with Gasteiger partial charge in [0.25, 0.3) is 0 Å². The number of furan rings is 1. The monoisotopic (exact) mass is 389 g/mol. The van der Waals surface area contributed by atoms with Crippen LogP contribution in [0.1, 0.15) is 37.1 Å².